The van der Waals surface area contributed by atoms with Gasteiger partial charge in [-0.15, -0.1) is 0 Å². The minimum Gasteiger partial charge on any atom is -0.478 e. The maximum absolute atomic E-state index is 13.1. The van der Waals surface area contributed by atoms with Crippen molar-refractivity contribution in [1.82, 2.24) is 9.88 Å². The van der Waals surface area contributed by atoms with Crippen LogP contribution in [0.1, 0.15) is 32.6 Å². The highest BCUT2D eigenvalue weighted by molar-refractivity contribution is 9.10. The number of carbonyl (C=O) groups excluding carboxylic acids is 1. The Kier molecular flexibility index (Phi) is 4.89. The van der Waals surface area contributed by atoms with E-state index >= 15 is 0 Å². The number of rotatable bonds is 3. The van der Waals surface area contributed by atoms with Gasteiger partial charge in [0.15, 0.2) is 5.76 Å². The van der Waals surface area contributed by atoms with Crippen molar-refractivity contribution in [2.75, 3.05) is 6.73 Å². The number of carbonyl (C=O) groups is 1. The van der Waals surface area contributed by atoms with Crippen LogP contribution in [-0.2, 0) is 13.1 Å². The molecule has 3 aromatic rings. The fourth-order valence-corrected chi connectivity index (χ4v) is 4.10. The molecule has 2 aromatic carbocycles. The molecule has 0 saturated carbocycles. The Labute approximate surface area is 183 Å². The molecule has 150 valence electrons. The van der Waals surface area contributed by atoms with E-state index < -0.39 is 0 Å². The summed E-state index contributed by atoms with van der Waals surface area (Å²) in [6.45, 7) is 3.80. The average Bonchev–Trinajstić information content (AvgIpc) is 3.08. The lowest BCUT2D eigenvalue weighted by molar-refractivity contribution is 0.0872. The third-order valence-corrected chi connectivity index (χ3v) is 5.84. The molecule has 1 aromatic heterocycles. The van der Waals surface area contributed by atoms with Crippen molar-refractivity contribution in [3.05, 3.63) is 92.9 Å². The predicted octanol–water partition coefficient (Wildman–Crippen LogP) is 5.12. The molecular formula is C24H19BrN2O3. The molecule has 0 radical (unpaired) electrons. The fraction of sp³-hybridized carbons (Fsp3) is 0.167. The first-order valence-corrected chi connectivity index (χ1v) is 10.5. The number of nitrogens with zero attached hydrogens (tertiary/aromatic N) is 2. The SMILES string of the molecule is Cc1cc2c(c3c1C(=O)/C(=C/c1ccc(Br)cc1)O3)CN(Cc1ccncc1)CO2. The molecule has 2 aliphatic rings. The minimum atomic E-state index is -0.0838. The van der Waals surface area contributed by atoms with Gasteiger partial charge in [0.2, 0.25) is 5.78 Å². The Morgan fingerprint density at radius 1 is 1.17 bits per heavy atom. The second kappa shape index (κ2) is 7.70. The van der Waals surface area contributed by atoms with Crippen LogP contribution in [0.2, 0.25) is 0 Å². The molecule has 3 heterocycles. The van der Waals surface area contributed by atoms with Gasteiger partial charge in [-0.3, -0.25) is 14.7 Å². The molecule has 0 N–H and O–H groups in total. The summed E-state index contributed by atoms with van der Waals surface area (Å²) in [6, 6.07) is 13.7. The van der Waals surface area contributed by atoms with Gasteiger partial charge in [0.1, 0.15) is 18.2 Å². The molecule has 0 atom stereocenters. The van der Waals surface area contributed by atoms with Crippen LogP contribution in [0.15, 0.2) is 65.1 Å². The molecule has 0 fully saturated rings. The Balaban J connectivity index is 1.47. The van der Waals surface area contributed by atoms with E-state index in [2.05, 4.69) is 25.8 Å². The molecule has 2 aliphatic heterocycles. The van der Waals surface area contributed by atoms with Gasteiger partial charge in [0.25, 0.3) is 0 Å². The summed E-state index contributed by atoms with van der Waals surface area (Å²) >= 11 is 3.43. The predicted molar refractivity (Wildman–Crippen MR) is 117 cm³/mol. The summed E-state index contributed by atoms with van der Waals surface area (Å²) in [7, 11) is 0. The Hall–Kier alpha value is -2.96. The largest absolute Gasteiger partial charge is 0.478 e. The highest BCUT2D eigenvalue weighted by atomic mass is 79.9. The number of ether oxygens (including phenoxy) is 2. The number of aryl methyl sites for hydroxylation is 1. The van der Waals surface area contributed by atoms with Crippen LogP contribution >= 0.6 is 15.9 Å². The molecule has 0 saturated heterocycles. The number of Topliss-reactive ketones (excluding diaryl/α,β-unsaturated/α-hetero) is 1. The van der Waals surface area contributed by atoms with Gasteiger partial charge in [-0.25, -0.2) is 0 Å². The number of allylic oxidation sites excluding steroid dienone is 1. The second-order valence-electron chi connectivity index (χ2n) is 7.48. The minimum absolute atomic E-state index is 0.0838. The lowest BCUT2D eigenvalue weighted by atomic mass is 9.98. The van der Waals surface area contributed by atoms with Crippen molar-refractivity contribution in [3.63, 3.8) is 0 Å². The van der Waals surface area contributed by atoms with Gasteiger partial charge in [-0.05, 0) is 60.0 Å². The molecule has 0 unspecified atom stereocenters. The number of aromatic nitrogens is 1. The van der Waals surface area contributed by atoms with E-state index in [1.54, 1.807) is 18.5 Å². The van der Waals surface area contributed by atoms with Gasteiger partial charge < -0.3 is 9.47 Å². The first-order chi connectivity index (χ1) is 14.6. The molecule has 0 aliphatic carbocycles. The van der Waals surface area contributed by atoms with E-state index in [0.717, 1.165) is 39.0 Å². The molecule has 5 nitrogen and oxygen atoms in total. The first-order valence-electron chi connectivity index (χ1n) is 9.69. The van der Waals surface area contributed by atoms with Crippen LogP contribution in [0.25, 0.3) is 6.08 Å². The molecule has 0 amide bonds. The standard InChI is InChI=1S/C24H19BrN2O3/c1-15-10-20-19(13-27(14-29-20)12-17-6-8-26-9-7-17)24-22(15)23(28)21(30-24)11-16-2-4-18(25)5-3-16/h2-11H,12-14H2,1H3/b21-11-. The normalized spacial score (nSPS) is 16.7. The third-order valence-electron chi connectivity index (χ3n) is 5.31. The van der Waals surface area contributed by atoms with Gasteiger partial charge in [0, 0.05) is 30.0 Å². The average molecular weight is 463 g/mol. The van der Waals surface area contributed by atoms with Crippen molar-refractivity contribution < 1.29 is 14.3 Å². The second-order valence-corrected chi connectivity index (χ2v) is 8.40. The van der Waals surface area contributed by atoms with E-state index in [1.165, 1.54) is 0 Å². The van der Waals surface area contributed by atoms with Crippen molar-refractivity contribution in [1.29, 1.82) is 0 Å². The van der Waals surface area contributed by atoms with E-state index in [0.29, 0.717) is 30.3 Å². The Morgan fingerprint density at radius 3 is 2.70 bits per heavy atom. The van der Waals surface area contributed by atoms with Crippen LogP contribution in [0.4, 0.5) is 0 Å². The fourth-order valence-electron chi connectivity index (χ4n) is 3.83. The summed E-state index contributed by atoms with van der Waals surface area (Å²) in [5, 5.41) is 0. The van der Waals surface area contributed by atoms with Gasteiger partial charge in [0.05, 0.1) is 11.1 Å². The van der Waals surface area contributed by atoms with Crippen LogP contribution in [-0.4, -0.2) is 22.4 Å². The smallest absolute Gasteiger partial charge is 0.232 e. The van der Waals surface area contributed by atoms with Gasteiger partial charge in [-0.1, -0.05) is 28.1 Å². The zero-order valence-electron chi connectivity index (χ0n) is 16.4. The van der Waals surface area contributed by atoms with Gasteiger partial charge >= 0.3 is 0 Å². The van der Waals surface area contributed by atoms with E-state index in [-0.39, 0.29) is 5.78 Å². The maximum Gasteiger partial charge on any atom is 0.232 e. The monoisotopic (exact) mass is 462 g/mol. The highest BCUT2D eigenvalue weighted by Crippen LogP contribution is 2.44. The number of hydrogen-bond acceptors (Lipinski definition) is 5. The maximum atomic E-state index is 13.1. The summed E-state index contributed by atoms with van der Waals surface area (Å²) in [4.78, 5) is 19.3. The molecule has 0 spiro atoms. The quantitative estimate of drug-likeness (QED) is 0.505. The third kappa shape index (κ3) is 3.53. The summed E-state index contributed by atoms with van der Waals surface area (Å²) in [6.07, 6.45) is 5.37. The molecule has 5 rings (SSSR count). The molecule has 30 heavy (non-hydrogen) atoms. The number of pyridine rings is 1. The molecule has 6 heteroatoms. The van der Waals surface area contributed by atoms with Crippen LogP contribution in [0, 0.1) is 6.92 Å². The Morgan fingerprint density at radius 2 is 1.93 bits per heavy atom. The molecular weight excluding hydrogens is 444 g/mol. The van der Waals surface area contributed by atoms with Gasteiger partial charge in [-0.2, -0.15) is 0 Å². The van der Waals surface area contributed by atoms with Crippen molar-refractivity contribution in [2.24, 2.45) is 0 Å². The van der Waals surface area contributed by atoms with Crippen molar-refractivity contribution in [2.45, 2.75) is 20.0 Å². The van der Waals surface area contributed by atoms with E-state index in [9.17, 15) is 4.79 Å². The lowest BCUT2D eigenvalue weighted by Gasteiger charge is -2.30. The van der Waals surface area contributed by atoms with Crippen LogP contribution in [0.5, 0.6) is 11.5 Å². The number of benzene rings is 2. The van der Waals surface area contributed by atoms with E-state index in [4.69, 9.17) is 9.47 Å². The number of halogens is 1. The Bertz CT molecular complexity index is 1160. The van der Waals surface area contributed by atoms with E-state index in [1.807, 2.05) is 49.4 Å². The zero-order chi connectivity index (χ0) is 20.7. The highest BCUT2D eigenvalue weighted by Gasteiger charge is 2.35. The molecule has 0 bridgehead atoms. The van der Waals surface area contributed by atoms with Crippen LogP contribution < -0.4 is 9.47 Å². The lowest BCUT2D eigenvalue weighted by Crippen LogP contribution is -2.31. The number of ketones is 1. The number of fused-ring (bicyclic) bond motifs is 3. The van der Waals surface area contributed by atoms with Crippen molar-refractivity contribution >= 4 is 27.8 Å². The summed E-state index contributed by atoms with van der Waals surface area (Å²) < 4.78 is 13.1. The number of hydrogen-bond donors (Lipinski definition) is 0. The van der Waals surface area contributed by atoms with Crippen molar-refractivity contribution in [3.8, 4) is 11.5 Å². The summed E-state index contributed by atoms with van der Waals surface area (Å²) in [5.41, 5.74) is 4.50. The zero-order valence-corrected chi connectivity index (χ0v) is 18.0. The first kappa shape index (κ1) is 19.0. The summed E-state index contributed by atoms with van der Waals surface area (Å²) in [5.74, 6) is 1.67. The topological polar surface area (TPSA) is 51.7 Å². The van der Waals surface area contributed by atoms with Crippen LogP contribution in [0.3, 0.4) is 0 Å².